The summed E-state index contributed by atoms with van der Waals surface area (Å²) in [6, 6.07) is 3.56. The van der Waals surface area contributed by atoms with Gasteiger partial charge in [0.15, 0.2) is 5.84 Å². The predicted molar refractivity (Wildman–Crippen MR) is 55.9 cm³/mol. The van der Waals surface area contributed by atoms with Crippen LogP contribution in [0.5, 0.6) is 0 Å². The second-order valence-corrected chi connectivity index (χ2v) is 3.13. The first kappa shape index (κ1) is 10.1. The van der Waals surface area contributed by atoms with Gasteiger partial charge in [0, 0.05) is 6.20 Å². The van der Waals surface area contributed by atoms with E-state index in [1.807, 2.05) is 6.07 Å². The fourth-order valence-corrected chi connectivity index (χ4v) is 1.27. The van der Waals surface area contributed by atoms with Gasteiger partial charge in [0.2, 0.25) is 0 Å². The van der Waals surface area contributed by atoms with Crippen LogP contribution < -0.4 is 5.73 Å². The van der Waals surface area contributed by atoms with Gasteiger partial charge < -0.3 is 10.9 Å². The minimum absolute atomic E-state index is 0.0135. The summed E-state index contributed by atoms with van der Waals surface area (Å²) in [5.74, 6) is -0.0135. The molecule has 0 bridgehead atoms. The van der Waals surface area contributed by atoms with Gasteiger partial charge in [-0.05, 0) is 17.7 Å². The fraction of sp³-hybridized carbons (Fsp3) is 0.111. The maximum absolute atomic E-state index is 8.53. The Kier molecular flexibility index (Phi) is 2.77. The van der Waals surface area contributed by atoms with E-state index in [4.69, 9.17) is 10.9 Å². The Labute approximate surface area is 91.2 Å². The van der Waals surface area contributed by atoms with Crippen LogP contribution in [0.25, 0.3) is 0 Å². The quantitative estimate of drug-likeness (QED) is 0.322. The third-order valence-corrected chi connectivity index (χ3v) is 2.01. The summed E-state index contributed by atoms with van der Waals surface area (Å²) in [5, 5.41) is 15.4. The van der Waals surface area contributed by atoms with Crippen molar-refractivity contribution >= 4 is 5.84 Å². The van der Waals surface area contributed by atoms with E-state index in [1.165, 1.54) is 6.33 Å². The summed E-state index contributed by atoms with van der Waals surface area (Å²) in [7, 11) is 0. The SMILES string of the molecule is NC(=NO)c1cc(Cn2cncn2)ccn1. The Morgan fingerprint density at radius 2 is 2.44 bits per heavy atom. The van der Waals surface area contributed by atoms with Crippen LogP contribution in [0.4, 0.5) is 0 Å². The van der Waals surface area contributed by atoms with Gasteiger partial charge in [-0.2, -0.15) is 5.10 Å². The van der Waals surface area contributed by atoms with Crippen molar-refractivity contribution in [1.82, 2.24) is 19.7 Å². The third kappa shape index (κ3) is 2.14. The first-order chi connectivity index (χ1) is 7.79. The zero-order chi connectivity index (χ0) is 11.4. The average Bonchev–Trinajstić information content (AvgIpc) is 2.81. The first-order valence-electron chi connectivity index (χ1n) is 4.55. The van der Waals surface area contributed by atoms with Gasteiger partial charge in [-0.3, -0.25) is 4.98 Å². The van der Waals surface area contributed by atoms with Crippen LogP contribution in [0.2, 0.25) is 0 Å². The van der Waals surface area contributed by atoms with Crippen LogP contribution in [0.1, 0.15) is 11.3 Å². The van der Waals surface area contributed by atoms with Gasteiger partial charge in [0.05, 0.1) is 6.54 Å². The smallest absolute Gasteiger partial charge is 0.188 e. The summed E-state index contributed by atoms with van der Waals surface area (Å²) in [6.07, 6.45) is 4.68. The van der Waals surface area contributed by atoms with Crippen molar-refractivity contribution in [2.45, 2.75) is 6.54 Å². The first-order valence-corrected chi connectivity index (χ1v) is 4.55. The maximum Gasteiger partial charge on any atom is 0.188 e. The van der Waals surface area contributed by atoms with E-state index in [-0.39, 0.29) is 5.84 Å². The molecule has 0 fully saturated rings. The molecule has 7 heteroatoms. The van der Waals surface area contributed by atoms with Crippen LogP contribution in [-0.4, -0.2) is 30.8 Å². The molecule has 2 aromatic heterocycles. The van der Waals surface area contributed by atoms with Crippen molar-refractivity contribution in [1.29, 1.82) is 0 Å². The molecule has 0 aliphatic carbocycles. The fourth-order valence-electron chi connectivity index (χ4n) is 1.27. The van der Waals surface area contributed by atoms with Crippen molar-refractivity contribution in [3.05, 3.63) is 42.2 Å². The molecule has 0 unspecified atom stereocenters. The Hall–Kier alpha value is -2.44. The Morgan fingerprint density at radius 3 is 3.12 bits per heavy atom. The zero-order valence-corrected chi connectivity index (χ0v) is 8.35. The van der Waals surface area contributed by atoms with Crippen LogP contribution in [0, 0.1) is 0 Å². The van der Waals surface area contributed by atoms with E-state index in [0.29, 0.717) is 12.2 Å². The number of nitrogens with zero attached hydrogens (tertiary/aromatic N) is 5. The van der Waals surface area contributed by atoms with Crippen molar-refractivity contribution < 1.29 is 5.21 Å². The summed E-state index contributed by atoms with van der Waals surface area (Å²) in [6.45, 7) is 0.564. The largest absolute Gasteiger partial charge is 0.409 e. The molecule has 0 aromatic carbocycles. The molecule has 2 heterocycles. The number of hydrogen-bond donors (Lipinski definition) is 2. The van der Waals surface area contributed by atoms with Gasteiger partial charge in [-0.25, -0.2) is 9.67 Å². The summed E-state index contributed by atoms with van der Waals surface area (Å²) in [4.78, 5) is 7.82. The molecular formula is C9H10N6O. The van der Waals surface area contributed by atoms with Gasteiger partial charge in [0.1, 0.15) is 18.3 Å². The zero-order valence-electron chi connectivity index (χ0n) is 8.35. The highest BCUT2D eigenvalue weighted by Crippen LogP contribution is 2.03. The molecular weight excluding hydrogens is 208 g/mol. The molecule has 82 valence electrons. The molecule has 0 radical (unpaired) electrons. The summed E-state index contributed by atoms with van der Waals surface area (Å²) < 4.78 is 1.67. The molecule has 7 nitrogen and oxygen atoms in total. The molecule has 0 aliphatic heterocycles. The van der Waals surface area contributed by atoms with Crippen molar-refractivity contribution in [3.63, 3.8) is 0 Å². The van der Waals surface area contributed by atoms with Gasteiger partial charge in [-0.1, -0.05) is 5.16 Å². The molecule has 0 aliphatic rings. The normalized spacial score (nSPS) is 11.6. The molecule has 0 spiro atoms. The van der Waals surface area contributed by atoms with Crippen LogP contribution in [0.15, 0.2) is 36.1 Å². The van der Waals surface area contributed by atoms with Crippen LogP contribution in [0.3, 0.4) is 0 Å². The van der Waals surface area contributed by atoms with E-state index in [2.05, 4.69) is 20.2 Å². The maximum atomic E-state index is 8.53. The number of nitrogens with two attached hydrogens (primary N) is 1. The van der Waals surface area contributed by atoms with Crippen molar-refractivity contribution in [2.75, 3.05) is 0 Å². The second-order valence-electron chi connectivity index (χ2n) is 3.13. The highest BCUT2D eigenvalue weighted by Gasteiger charge is 2.02. The lowest BCUT2D eigenvalue weighted by molar-refractivity contribution is 0.318. The van der Waals surface area contributed by atoms with Gasteiger partial charge in [0.25, 0.3) is 0 Å². The summed E-state index contributed by atoms with van der Waals surface area (Å²) >= 11 is 0. The van der Waals surface area contributed by atoms with E-state index in [1.54, 1.807) is 23.3 Å². The number of pyridine rings is 1. The highest BCUT2D eigenvalue weighted by atomic mass is 16.4. The predicted octanol–water partition coefficient (Wildman–Crippen LogP) is -0.184. The number of rotatable bonds is 3. The Morgan fingerprint density at radius 1 is 1.56 bits per heavy atom. The third-order valence-electron chi connectivity index (χ3n) is 2.01. The van der Waals surface area contributed by atoms with Crippen molar-refractivity contribution in [3.8, 4) is 0 Å². The summed E-state index contributed by atoms with van der Waals surface area (Å²) in [5.41, 5.74) is 6.82. The monoisotopic (exact) mass is 218 g/mol. The molecule has 2 aromatic rings. The average molecular weight is 218 g/mol. The van der Waals surface area contributed by atoms with Crippen LogP contribution in [-0.2, 0) is 6.54 Å². The minimum atomic E-state index is -0.0135. The molecule has 16 heavy (non-hydrogen) atoms. The van der Waals surface area contributed by atoms with Gasteiger partial charge >= 0.3 is 0 Å². The minimum Gasteiger partial charge on any atom is -0.409 e. The molecule has 0 amide bonds. The van der Waals surface area contributed by atoms with E-state index in [0.717, 1.165) is 5.56 Å². The molecule has 2 rings (SSSR count). The topological polar surface area (TPSA) is 102 Å². The molecule has 3 N–H and O–H groups in total. The lowest BCUT2D eigenvalue weighted by atomic mass is 10.2. The Bertz CT molecular complexity index is 492. The molecule has 0 saturated heterocycles. The number of aromatic nitrogens is 4. The van der Waals surface area contributed by atoms with E-state index in [9.17, 15) is 0 Å². The van der Waals surface area contributed by atoms with E-state index >= 15 is 0 Å². The lowest BCUT2D eigenvalue weighted by Crippen LogP contribution is -2.15. The number of hydrogen-bond acceptors (Lipinski definition) is 5. The molecule has 0 saturated carbocycles. The van der Waals surface area contributed by atoms with Gasteiger partial charge in [-0.15, -0.1) is 0 Å². The molecule has 0 atom stereocenters. The lowest BCUT2D eigenvalue weighted by Gasteiger charge is -2.03. The van der Waals surface area contributed by atoms with E-state index < -0.39 is 0 Å². The highest BCUT2D eigenvalue weighted by molar-refractivity contribution is 5.95. The second kappa shape index (κ2) is 4.39. The standard InChI is InChI=1S/C9H10N6O/c10-9(14-16)8-3-7(1-2-12-8)4-15-6-11-5-13-15/h1-3,5-6,16H,4H2,(H2,10,14). The Balaban J connectivity index is 2.23. The van der Waals surface area contributed by atoms with Crippen molar-refractivity contribution in [2.24, 2.45) is 10.9 Å². The number of oxime groups is 1. The number of amidine groups is 1. The van der Waals surface area contributed by atoms with Crippen LogP contribution >= 0.6 is 0 Å².